The minimum Gasteiger partial charge on any atom is -0.478 e. The Bertz CT molecular complexity index is 550. The van der Waals surface area contributed by atoms with Gasteiger partial charge in [-0.1, -0.05) is 6.07 Å². The third kappa shape index (κ3) is 3.91. The molecule has 0 saturated carbocycles. The molecule has 0 aliphatic carbocycles. The van der Waals surface area contributed by atoms with E-state index in [1.165, 1.54) is 12.1 Å². The molecule has 0 bridgehead atoms. The second kappa shape index (κ2) is 6.53. The maximum atomic E-state index is 13.5. The van der Waals surface area contributed by atoms with Gasteiger partial charge in [-0.2, -0.15) is 0 Å². The monoisotopic (exact) mass is 295 g/mol. The van der Waals surface area contributed by atoms with E-state index in [0.717, 1.165) is 32.0 Å². The lowest BCUT2D eigenvalue weighted by molar-refractivity contribution is 0.0693. The van der Waals surface area contributed by atoms with Gasteiger partial charge in [-0.25, -0.2) is 14.0 Å². The number of piperidine rings is 1. The van der Waals surface area contributed by atoms with Crippen LogP contribution in [0.15, 0.2) is 18.2 Å². The molecule has 1 aliphatic heterocycles. The third-order valence-electron chi connectivity index (χ3n) is 3.44. The van der Waals surface area contributed by atoms with Gasteiger partial charge in [-0.3, -0.25) is 0 Å². The molecule has 2 rings (SSSR count). The lowest BCUT2D eigenvalue weighted by Crippen LogP contribution is -2.47. The van der Waals surface area contributed by atoms with Crippen LogP contribution in [0.2, 0.25) is 0 Å². The topological polar surface area (TPSA) is 81.7 Å². The van der Waals surface area contributed by atoms with Crippen LogP contribution in [0.4, 0.5) is 14.9 Å². The molecule has 0 spiro atoms. The summed E-state index contributed by atoms with van der Waals surface area (Å²) in [6, 6.07) is 3.24. The first kappa shape index (κ1) is 15.2. The molecule has 1 heterocycles. The highest BCUT2D eigenvalue weighted by Gasteiger charge is 2.21. The van der Waals surface area contributed by atoms with Crippen molar-refractivity contribution in [2.24, 2.45) is 0 Å². The molecule has 1 fully saturated rings. The fourth-order valence-corrected chi connectivity index (χ4v) is 2.47. The number of aromatic carboxylic acids is 1. The van der Waals surface area contributed by atoms with E-state index in [2.05, 4.69) is 15.5 Å². The van der Waals surface area contributed by atoms with Crippen LogP contribution in [-0.4, -0.2) is 48.2 Å². The van der Waals surface area contributed by atoms with Gasteiger partial charge in [0.05, 0.1) is 5.69 Å². The number of benzene rings is 1. The fraction of sp³-hybridized carbons (Fsp3) is 0.429. The molecule has 1 aromatic carbocycles. The lowest BCUT2D eigenvalue weighted by Gasteiger charge is -2.30. The number of urea groups is 1. The minimum atomic E-state index is -1.42. The van der Waals surface area contributed by atoms with Gasteiger partial charge in [-0.15, -0.1) is 0 Å². The van der Waals surface area contributed by atoms with Gasteiger partial charge in [0.15, 0.2) is 0 Å². The number of carbonyl (C=O) groups excluding carboxylic acids is 1. The van der Waals surface area contributed by atoms with Crippen molar-refractivity contribution < 1.29 is 19.1 Å². The summed E-state index contributed by atoms with van der Waals surface area (Å²) in [5.41, 5.74) is -0.586. The second-order valence-corrected chi connectivity index (χ2v) is 5.17. The lowest BCUT2D eigenvalue weighted by atomic mass is 10.1. The van der Waals surface area contributed by atoms with Gasteiger partial charge < -0.3 is 20.6 Å². The van der Waals surface area contributed by atoms with E-state index in [4.69, 9.17) is 5.11 Å². The highest BCUT2D eigenvalue weighted by molar-refractivity contribution is 6.00. The molecule has 1 atom stereocenters. The smallest absolute Gasteiger partial charge is 0.340 e. The maximum Gasteiger partial charge on any atom is 0.340 e. The van der Waals surface area contributed by atoms with E-state index in [1.54, 1.807) is 0 Å². The molecule has 3 N–H and O–H groups in total. The number of rotatable bonds is 3. The van der Waals surface area contributed by atoms with Crippen molar-refractivity contribution in [2.75, 3.05) is 25.5 Å². The Morgan fingerprint density at radius 3 is 2.86 bits per heavy atom. The number of nitrogens with zero attached hydrogens (tertiary/aromatic N) is 1. The van der Waals surface area contributed by atoms with E-state index >= 15 is 0 Å². The Balaban J connectivity index is 2.03. The number of likely N-dealkylation sites (tertiary alicyclic amines) is 1. The van der Waals surface area contributed by atoms with Gasteiger partial charge in [-0.05, 0) is 38.6 Å². The van der Waals surface area contributed by atoms with E-state index in [9.17, 15) is 14.0 Å². The fourth-order valence-electron chi connectivity index (χ4n) is 2.47. The van der Waals surface area contributed by atoms with Crippen LogP contribution in [-0.2, 0) is 0 Å². The van der Waals surface area contributed by atoms with Gasteiger partial charge >= 0.3 is 12.0 Å². The Morgan fingerprint density at radius 2 is 2.19 bits per heavy atom. The number of anilines is 1. The number of carboxylic acid groups (broad SMARTS) is 1. The standard InChI is InChI=1S/C14H18FN3O3/c1-18-7-3-4-9(8-18)16-14(21)17-11-6-2-5-10(15)12(11)13(19)20/h2,5-6,9H,3-4,7-8H2,1H3,(H,19,20)(H2,16,17,21). The predicted molar refractivity (Wildman–Crippen MR) is 76.0 cm³/mol. The van der Waals surface area contributed by atoms with Crippen molar-refractivity contribution in [2.45, 2.75) is 18.9 Å². The predicted octanol–water partition coefficient (Wildman–Crippen LogP) is 1.74. The van der Waals surface area contributed by atoms with Gasteiger partial charge in [0, 0.05) is 12.6 Å². The summed E-state index contributed by atoms with van der Waals surface area (Å²) in [6.45, 7) is 1.73. The van der Waals surface area contributed by atoms with Crippen molar-refractivity contribution in [3.05, 3.63) is 29.6 Å². The summed E-state index contributed by atoms with van der Waals surface area (Å²) in [4.78, 5) is 25.1. The van der Waals surface area contributed by atoms with Gasteiger partial charge in [0.25, 0.3) is 0 Å². The number of carbonyl (C=O) groups is 2. The first-order valence-electron chi connectivity index (χ1n) is 6.75. The van der Waals surface area contributed by atoms with Gasteiger partial charge in [0.1, 0.15) is 11.4 Å². The maximum absolute atomic E-state index is 13.5. The summed E-state index contributed by atoms with van der Waals surface area (Å²) in [5, 5.41) is 14.2. The van der Waals surface area contributed by atoms with Crippen LogP contribution < -0.4 is 10.6 Å². The molecule has 1 saturated heterocycles. The second-order valence-electron chi connectivity index (χ2n) is 5.17. The normalized spacial score (nSPS) is 19.0. The zero-order chi connectivity index (χ0) is 15.4. The first-order chi connectivity index (χ1) is 9.97. The molecule has 0 aromatic heterocycles. The summed E-state index contributed by atoms with van der Waals surface area (Å²) in [6.07, 6.45) is 1.86. The zero-order valence-corrected chi connectivity index (χ0v) is 11.7. The molecule has 1 unspecified atom stereocenters. The first-order valence-corrected chi connectivity index (χ1v) is 6.75. The summed E-state index contributed by atoms with van der Waals surface area (Å²) < 4.78 is 13.5. The molecular formula is C14H18FN3O3. The number of carboxylic acids is 1. The van der Waals surface area contributed by atoms with Crippen molar-refractivity contribution in [3.63, 3.8) is 0 Å². The number of nitrogens with one attached hydrogen (secondary N) is 2. The quantitative estimate of drug-likeness (QED) is 0.793. The molecule has 7 heteroatoms. The number of hydrogen-bond acceptors (Lipinski definition) is 3. The Labute approximate surface area is 121 Å². The molecule has 114 valence electrons. The van der Waals surface area contributed by atoms with Crippen molar-refractivity contribution >= 4 is 17.7 Å². The molecule has 0 radical (unpaired) electrons. The molecular weight excluding hydrogens is 277 g/mol. The van der Waals surface area contributed by atoms with Crippen molar-refractivity contribution in [1.29, 1.82) is 0 Å². The van der Waals surface area contributed by atoms with Crippen LogP contribution in [0.25, 0.3) is 0 Å². The molecule has 6 nitrogen and oxygen atoms in total. The molecule has 2 amide bonds. The van der Waals surface area contributed by atoms with Crippen LogP contribution in [0.3, 0.4) is 0 Å². The SMILES string of the molecule is CN1CCCC(NC(=O)Nc2cccc(F)c2C(=O)O)C1. The number of likely N-dealkylation sites (N-methyl/N-ethyl adjacent to an activating group) is 1. The van der Waals surface area contributed by atoms with Crippen molar-refractivity contribution in [3.8, 4) is 0 Å². The molecule has 1 aliphatic rings. The van der Waals surface area contributed by atoms with E-state index in [0.29, 0.717) is 0 Å². The summed E-state index contributed by atoms with van der Waals surface area (Å²) >= 11 is 0. The number of hydrogen-bond donors (Lipinski definition) is 3. The summed E-state index contributed by atoms with van der Waals surface area (Å²) in [7, 11) is 1.97. The largest absolute Gasteiger partial charge is 0.478 e. The van der Waals surface area contributed by atoms with E-state index in [-0.39, 0.29) is 11.7 Å². The van der Waals surface area contributed by atoms with E-state index in [1.807, 2.05) is 7.05 Å². The average molecular weight is 295 g/mol. The van der Waals surface area contributed by atoms with Crippen LogP contribution >= 0.6 is 0 Å². The number of amides is 2. The Hall–Kier alpha value is -2.15. The highest BCUT2D eigenvalue weighted by Crippen LogP contribution is 2.19. The van der Waals surface area contributed by atoms with Crippen LogP contribution in [0.5, 0.6) is 0 Å². The zero-order valence-electron chi connectivity index (χ0n) is 11.7. The third-order valence-corrected chi connectivity index (χ3v) is 3.44. The van der Waals surface area contributed by atoms with E-state index < -0.39 is 23.4 Å². The summed E-state index contributed by atoms with van der Waals surface area (Å²) in [5.74, 6) is -2.29. The highest BCUT2D eigenvalue weighted by atomic mass is 19.1. The Kier molecular flexibility index (Phi) is 4.74. The van der Waals surface area contributed by atoms with Crippen LogP contribution in [0, 0.1) is 5.82 Å². The molecule has 1 aromatic rings. The molecule has 21 heavy (non-hydrogen) atoms. The minimum absolute atomic E-state index is 0.00517. The van der Waals surface area contributed by atoms with Crippen LogP contribution in [0.1, 0.15) is 23.2 Å². The Morgan fingerprint density at radius 1 is 1.43 bits per heavy atom. The average Bonchev–Trinajstić information content (AvgIpc) is 2.37. The van der Waals surface area contributed by atoms with Crippen molar-refractivity contribution in [1.82, 2.24) is 10.2 Å². The van der Waals surface area contributed by atoms with Gasteiger partial charge in [0.2, 0.25) is 0 Å². The number of halogens is 1.